The zero-order valence-electron chi connectivity index (χ0n) is 60.4. The van der Waals surface area contributed by atoms with Crippen LogP contribution in [0.4, 0.5) is 0 Å². The quantitative estimate of drug-likeness (QED) is 0.0153. The summed E-state index contributed by atoms with van der Waals surface area (Å²) in [5.74, 6) is -6.36. The molecule has 0 fully saturated rings. The fourth-order valence-corrected chi connectivity index (χ4v) is 9.95. The smallest absolute Gasteiger partial charge is 0.305 e. The molecule has 0 bridgehead atoms. The van der Waals surface area contributed by atoms with Crippen LogP contribution in [0.1, 0.15) is 186 Å². The van der Waals surface area contributed by atoms with Gasteiger partial charge < -0.3 is 133 Å². The molecule has 41 heteroatoms. The molecule has 0 heterocycles. The van der Waals surface area contributed by atoms with Crippen molar-refractivity contribution >= 4 is 101 Å². The predicted molar refractivity (Wildman–Crippen MR) is 398 cm³/mol. The number of carboxylic acids is 1. The summed E-state index contributed by atoms with van der Waals surface area (Å²) in [6.45, 7) is 2.19. The highest BCUT2D eigenvalue weighted by molar-refractivity contribution is 5.93. The van der Waals surface area contributed by atoms with Crippen molar-refractivity contribution < 1.29 is 57.8 Å². The molecule has 0 aromatic carbocycles. The van der Waals surface area contributed by atoms with Crippen molar-refractivity contribution in [1.82, 2.24) is 53.2 Å². The maximum absolute atomic E-state index is 14.0. The maximum atomic E-state index is 14.0. The number of unbranched alkanes of at least 4 members (excludes halogenated alkanes) is 8. The Bertz CT molecular complexity index is 2770. The normalized spacial score (nSPS) is 12.4. The molecule has 10 amide bonds. The molecule has 6 atom stereocenters. The second kappa shape index (κ2) is 59.3. The second-order valence-corrected chi connectivity index (χ2v) is 24.7. The molecule has 0 aliphatic carbocycles. The number of carbonyl (C=O) groups is 11. The molecule has 0 unspecified atom stereocenters. The van der Waals surface area contributed by atoms with Crippen molar-refractivity contribution in [1.29, 1.82) is 0 Å². The molecule has 104 heavy (non-hydrogen) atoms. The Balaban J connectivity index is 5.75. The first-order valence-electron chi connectivity index (χ1n) is 35.7. The first-order chi connectivity index (χ1) is 49.5. The summed E-state index contributed by atoms with van der Waals surface area (Å²) in [5, 5.41) is 36.4. The number of amides is 10. The highest BCUT2D eigenvalue weighted by Gasteiger charge is 2.29. The fourth-order valence-electron chi connectivity index (χ4n) is 9.95. The zero-order chi connectivity index (χ0) is 77.9. The Hall–Kier alpha value is -10.2. The molecular formula is C63H123N29O12. The third-order valence-corrected chi connectivity index (χ3v) is 15.4. The number of nitrogens with two attached hydrogens (primary N) is 13. The van der Waals surface area contributed by atoms with Crippen LogP contribution < -0.4 is 128 Å². The molecule has 41 nitrogen and oxygen atoms in total. The predicted octanol–water partition coefficient (Wildman–Crippen LogP) is -6.64. The van der Waals surface area contributed by atoms with E-state index in [1.807, 2.05) is 0 Å². The molecule has 0 rings (SSSR count). The second-order valence-electron chi connectivity index (χ2n) is 24.7. The number of carbonyl (C=O) groups excluding carboxylic acids is 10. The number of hydrogen-bond acceptors (Lipinski definition) is 18. The molecule has 0 saturated carbocycles. The Morgan fingerprint density at radius 3 is 0.760 bits per heavy atom. The SMILES string of the molecule is NC(N)=NCCC[C@H](NC(=O)CCCCCNC(=O)[C@H](CCCN=C(N)N)NC(=O)[C@H](CCCN=C(N)N)NC(=O)CCCCCNC(=O)[C@H](CCCN=C(N)N)NC(=O)[C@H](CCCN=C(N)N)NC(=O)CCCCCNC(=O)[C@@H](N)CCCN=C(N)N)C(=O)NCCCCCC(=O)NCCC(=O)O. The number of rotatable bonds is 62. The largest absolute Gasteiger partial charge is 0.481 e. The van der Waals surface area contributed by atoms with Gasteiger partial charge in [-0.1, -0.05) is 25.7 Å². The van der Waals surface area contributed by atoms with Crippen LogP contribution >= 0.6 is 0 Å². The number of nitrogens with one attached hydrogen (secondary N) is 10. The lowest BCUT2D eigenvalue weighted by Crippen LogP contribution is -2.54. The molecule has 0 spiro atoms. The van der Waals surface area contributed by atoms with E-state index in [2.05, 4.69) is 83.1 Å². The summed E-state index contributed by atoms with van der Waals surface area (Å²) in [5.41, 5.74) is 71.7. The third kappa shape index (κ3) is 54.5. The minimum Gasteiger partial charge on any atom is -0.481 e. The van der Waals surface area contributed by atoms with Gasteiger partial charge in [-0.2, -0.15) is 0 Å². The maximum Gasteiger partial charge on any atom is 0.305 e. The van der Waals surface area contributed by atoms with Gasteiger partial charge in [-0.05, 0) is 128 Å². The molecular weight excluding hydrogens is 1350 g/mol. The van der Waals surface area contributed by atoms with Gasteiger partial charge in [0, 0.05) is 97.7 Å². The van der Waals surface area contributed by atoms with Gasteiger partial charge in [0.15, 0.2) is 35.8 Å². The summed E-state index contributed by atoms with van der Waals surface area (Å²) < 4.78 is 0. The number of nitrogens with zero attached hydrogens (tertiary/aromatic N) is 6. The van der Waals surface area contributed by atoms with Crippen molar-refractivity contribution in [2.24, 2.45) is 104 Å². The first kappa shape index (κ1) is 93.8. The van der Waals surface area contributed by atoms with Gasteiger partial charge in [-0.15, -0.1) is 0 Å². The first-order valence-corrected chi connectivity index (χ1v) is 35.7. The number of aliphatic imine (C=N–C) groups is 6. The average Bonchev–Trinajstić information content (AvgIpc) is 0.895. The minimum absolute atomic E-state index is 0.0173. The summed E-state index contributed by atoms with van der Waals surface area (Å²) >= 11 is 0. The van der Waals surface area contributed by atoms with E-state index in [0.29, 0.717) is 129 Å². The lowest BCUT2D eigenvalue weighted by molar-refractivity contribution is -0.137. The van der Waals surface area contributed by atoms with E-state index in [0.717, 1.165) is 0 Å². The van der Waals surface area contributed by atoms with E-state index >= 15 is 0 Å². The topological polar surface area (TPSA) is 741 Å². The Morgan fingerprint density at radius 2 is 0.490 bits per heavy atom. The zero-order valence-corrected chi connectivity index (χ0v) is 60.4. The highest BCUT2D eigenvalue weighted by Crippen LogP contribution is 2.11. The number of carboxylic acid groups (broad SMARTS) is 1. The van der Waals surface area contributed by atoms with Gasteiger partial charge in [-0.25, -0.2) is 0 Å². The van der Waals surface area contributed by atoms with Gasteiger partial charge in [0.05, 0.1) is 12.5 Å². The number of aliphatic carboxylic acids is 1. The van der Waals surface area contributed by atoms with Crippen LogP contribution in [0, 0.1) is 0 Å². The van der Waals surface area contributed by atoms with E-state index in [9.17, 15) is 52.7 Å². The van der Waals surface area contributed by atoms with Crippen LogP contribution in [0.5, 0.6) is 0 Å². The van der Waals surface area contributed by atoms with Crippen LogP contribution in [0.15, 0.2) is 30.0 Å². The lowest BCUT2D eigenvalue weighted by atomic mass is 10.1. The summed E-state index contributed by atoms with van der Waals surface area (Å²) in [7, 11) is 0. The van der Waals surface area contributed by atoms with Crippen LogP contribution in [-0.4, -0.2) is 214 Å². The van der Waals surface area contributed by atoms with Crippen molar-refractivity contribution in [2.75, 3.05) is 72.0 Å². The van der Waals surface area contributed by atoms with Crippen LogP contribution in [0.2, 0.25) is 0 Å². The highest BCUT2D eigenvalue weighted by atomic mass is 16.4. The monoisotopic (exact) mass is 1480 g/mol. The molecule has 592 valence electrons. The van der Waals surface area contributed by atoms with Crippen molar-refractivity contribution in [2.45, 2.75) is 222 Å². The third-order valence-electron chi connectivity index (χ3n) is 15.4. The molecule has 0 saturated heterocycles. The molecule has 0 aromatic rings. The Kier molecular flexibility index (Phi) is 53.5. The van der Waals surface area contributed by atoms with Gasteiger partial charge in [0.25, 0.3) is 0 Å². The van der Waals surface area contributed by atoms with Gasteiger partial charge in [0.2, 0.25) is 59.1 Å². The summed E-state index contributed by atoms with van der Waals surface area (Å²) in [6, 6.07) is -5.96. The summed E-state index contributed by atoms with van der Waals surface area (Å²) in [6.07, 6.45) is 9.19. The summed E-state index contributed by atoms with van der Waals surface area (Å²) in [4.78, 5) is 167. The molecule has 0 radical (unpaired) electrons. The molecule has 0 aromatic heterocycles. The van der Waals surface area contributed by atoms with Gasteiger partial charge in [0.1, 0.15) is 30.2 Å². The molecule has 37 N–H and O–H groups in total. The van der Waals surface area contributed by atoms with Crippen molar-refractivity contribution in [3.05, 3.63) is 0 Å². The van der Waals surface area contributed by atoms with Crippen molar-refractivity contribution in [3.8, 4) is 0 Å². The van der Waals surface area contributed by atoms with Crippen LogP contribution in [0.25, 0.3) is 0 Å². The molecule has 0 aliphatic rings. The van der Waals surface area contributed by atoms with Crippen LogP contribution in [-0.2, 0) is 52.7 Å². The lowest BCUT2D eigenvalue weighted by Gasteiger charge is -2.23. The number of guanidine groups is 6. The number of hydrogen-bond donors (Lipinski definition) is 24. The van der Waals surface area contributed by atoms with Crippen molar-refractivity contribution in [3.63, 3.8) is 0 Å². The van der Waals surface area contributed by atoms with E-state index in [4.69, 9.17) is 79.6 Å². The van der Waals surface area contributed by atoms with Gasteiger partial charge >= 0.3 is 5.97 Å². The fraction of sp³-hybridized carbons (Fsp3) is 0.730. The Morgan fingerprint density at radius 1 is 0.250 bits per heavy atom. The van der Waals surface area contributed by atoms with E-state index < -0.39 is 83.6 Å². The molecule has 0 aliphatic heterocycles. The van der Waals surface area contributed by atoms with E-state index in [-0.39, 0.29) is 183 Å². The standard InChI is InChI=1S/C63H123N29O12/c64-41(19-13-34-82-58(65)66)52(99)78-30-9-2-6-27-49(95)89-45(23-17-38-86-62(73)74)56(103)91-44(22-16-37-85-61(71)72)55(102)81-33-12-4-8-28-50(96)90-46(24-18-39-87-63(75)76)57(104)92-43(21-15-36-84-60(69)70)54(101)80-32-11-3-7-26-48(94)88-42(20-14-35-83-59(67)68)53(100)79-31-10-1-5-25-47(93)77-40-29-51(97)98/h41-46H,1-40,64H2,(H,77,93)(H,78,99)(H,79,100)(H,80,101)(H,81,102)(H,88,94)(H,89,95)(H,90,96)(H,91,103)(H,92,104)(H,97,98)(H4,65,66,82)(H4,67,68,83)(H4,69,70,84)(H4,71,72,85)(H4,73,74,86)(H4,75,76,87)/t41-,42-,43-,44-,45-,46-/m0/s1. The van der Waals surface area contributed by atoms with Gasteiger partial charge in [-0.3, -0.25) is 82.7 Å². The van der Waals surface area contributed by atoms with E-state index in [1.165, 1.54) is 0 Å². The average molecular weight is 1480 g/mol. The Labute approximate surface area is 608 Å². The van der Waals surface area contributed by atoms with E-state index in [1.54, 1.807) is 0 Å². The minimum atomic E-state index is -1.12. The van der Waals surface area contributed by atoms with Crippen LogP contribution in [0.3, 0.4) is 0 Å².